The molecule has 0 saturated carbocycles. The summed E-state index contributed by atoms with van der Waals surface area (Å²) in [5.74, 6) is -1.23. The largest absolute Gasteiger partial charge is 0.456 e. The number of hydrogen-bond acceptors (Lipinski definition) is 5. The van der Waals surface area contributed by atoms with E-state index < -0.39 is 18.5 Å². The number of hydrogen-bond donors (Lipinski definition) is 1. The lowest BCUT2D eigenvalue weighted by atomic mass is 10.1. The van der Waals surface area contributed by atoms with Crippen LogP contribution >= 0.6 is 11.6 Å². The van der Waals surface area contributed by atoms with E-state index in [0.29, 0.717) is 16.3 Å². The fourth-order valence-corrected chi connectivity index (χ4v) is 2.38. The molecule has 0 bridgehead atoms. The van der Waals surface area contributed by atoms with Crippen LogP contribution in [-0.2, 0) is 14.3 Å². The lowest BCUT2D eigenvalue weighted by Gasteiger charge is -2.13. The number of halogens is 1. The summed E-state index contributed by atoms with van der Waals surface area (Å²) in [6.07, 6.45) is -0.0830. The Morgan fingerprint density at radius 1 is 0.963 bits per heavy atom. The van der Waals surface area contributed by atoms with Gasteiger partial charge in [0.2, 0.25) is 0 Å². The van der Waals surface area contributed by atoms with Crippen molar-refractivity contribution in [3.8, 4) is 0 Å². The molecule has 142 valence electrons. The molecule has 2 aromatic carbocycles. The van der Waals surface area contributed by atoms with E-state index in [1.54, 1.807) is 36.4 Å². The van der Waals surface area contributed by atoms with Crippen molar-refractivity contribution in [2.45, 2.75) is 12.8 Å². The number of nitrogens with one attached hydrogen (secondary N) is 1. The van der Waals surface area contributed by atoms with Crippen LogP contribution in [0.3, 0.4) is 0 Å². The molecule has 1 N–H and O–H groups in total. The van der Waals surface area contributed by atoms with Gasteiger partial charge in [-0.25, -0.2) is 0 Å². The number of anilines is 2. The van der Waals surface area contributed by atoms with Crippen LogP contribution < -0.4 is 10.2 Å². The molecule has 0 aliphatic rings. The monoisotopic (exact) mass is 388 g/mol. The minimum atomic E-state index is -0.601. The zero-order valence-electron chi connectivity index (χ0n) is 15.2. The van der Waals surface area contributed by atoms with Gasteiger partial charge < -0.3 is 15.0 Å². The molecule has 0 aromatic heterocycles. The minimum absolute atomic E-state index is 0.00802. The van der Waals surface area contributed by atoms with Gasteiger partial charge in [-0.3, -0.25) is 14.4 Å². The highest BCUT2D eigenvalue weighted by Crippen LogP contribution is 2.15. The van der Waals surface area contributed by atoms with Crippen LogP contribution in [0.4, 0.5) is 11.4 Å². The molecule has 7 heteroatoms. The summed E-state index contributed by atoms with van der Waals surface area (Å²) in [5.41, 5.74) is 2.09. The zero-order chi connectivity index (χ0) is 19.8. The van der Waals surface area contributed by atoms with Gasteiger partial charge in [-0.1, -0.05) is 11.6 Å². The van der Waals surface area contributed by atoms with Crippen molar-refractivity contribution < 1.29 is 19.1 Å². The third-order valence-electron chi connectivity index (χ3n) is 3.75. The van der Waals surface area contributed by atoms with Crippen LogP contribution in [0.1, 0.15) is 23.2 Å². The van der Waals surface area contributed by atoms with Crippen molar-refractivity contribution in [2.75, 3.05) is 30.9 Å². The van der Waals surface area contributed by atoms with Gasteiger partial charge in [-0.2, -0.15) is 0 Å². The third-order valence-corrected chi connectivity index (χ3v) is 4.01. The lowest BCUT2D eigenvalue weighted by molar-refractivity contribution is -0.147. The molecule has 0 fully saturated rings. The molecule has 0 aliphatic carbocycles. The average Bonchev–Trinajstić information content (AvgIpc) is 2.65. The van der Waals surface area contributed by atoms with Crippen molar-refractivity contribution in [1.82, 2.24) is 0 Å². The number of esters is 1. The van der Waals surface area contributed by atoms with Crippen LogP contribution in [0.5, 0.6) is 0 Å². The molecular formula is C20H21ClN2O4. The second kappa shape index (κ2) is 9.73. The van der Waals surface area contributed by atoms with Crippen molar-refractivity contribution in [1.29, 1.82) is 0 Å². The number of amides is 1. The summed E-state index contributed by atoms with van der Waals surface area (Å²) >= 11 is 5.77. The van der Waals surface area contributed by atoms with Crippen LogP contribution in [0.25, 0.3) is 0 Å². The van der Waals surface area contributed by atoms with Crippen molar-refractivity contribution in [3.63, 3.8) is 0 Å². The van der Waals surface area contributed by atoms with Crippen molar-refractivity contribution in [3.05, 3.63) is 59.1 Å². The molecular weight excluding hydrogens is 368 g/mol. The number of Topliss-reactive ketones (excluding diaryl/α,β-unsaturated/α-hetero) is 1. The third kappa shape index (κ3) is 6.75. The van der Waals surface area contributed by atoms with Gasteiger partial charge in [0, 0.05) is 42.5 Å². The molecule has 0 saturated heterocycles. The molecule has 6 nitrogen and oxygen atoms in total. The van der Waals surface area contributed by atoms with E-state index in [4.69, 9.17) is 16.3 Å². The minimum Gasteiger partial charge on any atom is -0.456 e. The summed E-state index contributed by atoms with van der Waals surface area (Å²) in [7, 11) is 3.84. The predicted octanol–water partition coefficient (Wildman–Crippen LogP) is 3.55. The fourth-order valence-electron chi connectivity index (χ4n) is 2.25. The molecule has 2 aromatic rings. The molecule has 0 aliphatic heterocycles. The fraction of sp³-hybridized carbons (Fsp3) is 0.250. The molecule has 0 heterocycles. The highest BCUT2D eigenvalue weighted by molar-refractivity contribution is 6.30. The van der Waals surface area contributed by atoms with E-state index in [0.717, 1.165) is 5.69 Å². The summed E-state index contributed by atoms with van der Waals surface area (Å²) in [6, 6.07) is 13.7. The Kier molecular flexibility index (Phi) is 7.37. The number of rotatable bonds is 8. The average molecular weight is 389 g/mol. The van der Waals surface area contributed by atoms with Crippen LogP contribution in [0, 0.1) is 0 Å². The molecule has 0 radical (unpaired) electrons. The second-order valence-corrected chi connectivity index (χ2v) is 6.52. The van der Waals surface area contributed by atoms with Crippen LogP contribution in [0.2, 0.25) is 5.02 Å². The highest BCUT2D eigenvalue weighted by atomic mass is 35.5. The second-order valence-electron chi connectivity index (χ2n) is 6.08. The molecule has 0 spiro atoms. The Morgan fingerprint density at radius 2 is 1.59 bits per heavy atom. The molecule has 27 heavy (non-hydrogen) atoms. The van der Waals surface area contributed by atoms with E-state index in [-0.39, 0.29) is 18.6 Å². The van der Waals surface area contributed by atoms with E-state index in [1.807, 2.05) is 31.1 Å². The van der Waals surface area contributed by atoms with Gasteiger partial charge in [0.05, 0.1) is 6.42 Å². The Labute approximate surface area is 163 Å². The van der Waals surface area contributed by atoms with Crippen LogP contribution in [0.15, 0.2) is 48.5 Å². The quantitative estimate of drug-likeness (QED) is 0.552. The SMILES string of the molecule is CN(C)c1ccc(NC(=O)COC(=O)CCC(=O)c2ccc(Cl)cc2)cc1. The topological polar surface area (TPSA) is 75.7 Å². The first-order chi connectivity index (χ1) is 12.8. The maximum atomic E-state index is 12.0. The Balaban J connectivity index is 1.72. The Bertz CT molecular complexity index is 802. The molecule has 0 unspecified atom stereocenters. The first-order valence-electron chi connectivity index (χ1n) is 8.37. The number of benzene rings is 2. The first kappa shape index (κ1) is 20.5. The van der Waals surface area contributed by atoms with Crippen LogP contribution in [-0.4, -0.2) is 38.4 Å². The van der Waals surface area contributed by atoms with E-state index >= 15 is 0 Å². The van der Waals surface area contributed by atoms with Gasteiger partial charge in [0.15, 0.2) is 12.4 Å². The Morgan fingerprint density at radius 3 is 2.19 bits per heavy atom. The van der Waals surface area contributed by atoms with Crippen molar-refractivity contribution >= 4 is 40.6 Å². The summed E-state index contributed by atoms with van der Waals surface area (Å²) < 4.78 is 4.91. The smallest absolute Gasteiger partial charge is 0.306 e. The maximum absolute atomic E-state index is 12.0. The summed E-state index contributed by atoms with van der Waals surface area (Å²) in [6.45, 7) is -0.399. The molecule has 0 atom stereocenters. The first-order valence-corrected chi connectivity index (χ1v) is 8.74. The molecule has 1 amide bonds. The van der Waals surface area contributed by atoms with Gasteiger partial charge >= 0.3 is 5.97 Å². The van der Waals surface area contributed by atoms with Gasteiger partial charge in [0.1, 0.15) is 0 Å². The maximum Gasteiger partial charge on any atom is 0.306 e. The van der Waals surface area contributed by atoms with E-state index in [1.165, 1.54) is 0 Å². The number of ketones is 1. The predicted molar refractivity (Wildman–Crippen MR) is 105 cm³/mol. The van der Waals surface area contributed by atoms with Crippen molar-refractivity contribution in [2.24, 2.45) is 0 Å². The highest BCUT2D eigenvalue weighted by Gasteiger charge is 2.12. The van der Waals surface area contributed by atoms with E-state index in [2.05, 4.69) is 5.32 Å². The summed E-state index contributed by atoms with van der Waals surface area (Å²) in [5, 5.41) is 3.18. The lowest BCUT2D eigenvalue weighted by Crippen LogP contribution is -2.21. The number of nitrogens with zero attached hydrogens (tertiary/aromatic N) is 1. The number of carbonyl (C=O) groups is 3. The summed E-state index contributed by atoms with van der Waals surface area (Å²) in [4.78, 5) is 37.5. The van der Waals surface area contributed by atoms with Gasteiger partial charge in [-0.15, -0.1) is 0 Å². The van der Waals surface area contributed by atoms with E-state index in [9.17, 15) is 14.4 Å². The zero-order valence-corrected chi connectivity index (χ0v) is 16.0. The molecule has 2 rings (SSSR count). The normalized spacial score (nSPS) is 10.2. The standard InChI is InChI=1S/C20H21ClN2O4/c1-23(2)17-9-7-16(8-10-17)22-19(25)13-27-20(26)12-11-18(24)14-3-5-15(21)6-4-14/h3-10H,11-13H2,1-2H3,(H,22,25). The van der Waals surface area contributed by atoms with Gasteiger partial charge in [-0.05, 0) is 48.5 Å². The number of carbonyl (C=O) groups excluding carboxylic acids is 3. The van der Waals surface area contributed by atoms with Gasteiger partial charge in [0.25, 0.3) is 5.91 Å². The Hall–Kier alpha value is -2.86. The number of ether oxygens (including phenoxy) is 1.